The summed E-state index contributed by atoms with van der Waals surface area (Å²) >= 11 is 6.56. The summed E-state index contributed by atoms with van der Waals surface area (Å²) in [4.78, 5) is 38.7. The number of thiocarbonyl (C=S) groups is 1. The van der Waals surface area contributed by atoms with E-state index < -0.39 is 0 Å². The van der Waals surface area contributed by atoms with Crippen LogP contribution in [-0.2, 0) is 9.59 Å². The lowest BCUT2D eigenvalue weighted by atomic mass is 10.1. The topological polar surface area (TPSA) is 78.5 Å². The van der Waals surface area contributed by atoms with E-state index in [0.29, 0.717) is 27.8 Å². The Balaban J connectivity index is 1.42. The summed E-state index contributed by atoms with van der Waals surface area (Å²) in [5, 5.41) is 0. The van der Waals surface area contributed by atoms with E-state index in [4.69, 9.17) is 12.2 Å². The number of rotatable bonds is 7. The Labute approximate surface area is 196 Å². The SMILES string of the molecule is Cc1ccc(C(=O)NNC(=O)CCCN2C(=O)/C(=C/C=C/c3ccccc3)SC2=S)cc1. The Morgan fingerprint density at radius 1 is 1.06 bits per heavy atom. The van der Waals surface area contributed by atoms with Crippen molar-refractivity contribution in [1.82, 2.24) is 15.8 Å². The van der Waals surface area contributed by atoms with Crippen molar-refractivity contribution in [2.24, 2.45) is 0 Å². The molecule has 0 spiro atoms. The van der Waals surface area contributed by atoms with Crippen LogP contribution in [0.25, 0.3) is 6.08 Å². The molecule has 1 heterocycles. The summed E-state index contributed by atoms with van der Waals surface area (Å²) in [5.74, 6) is -0.882. The number of nitrogens with zero attached hydrogens (tertiary/aromatic N) is 1. The van der Waals surface area contributed by atoms with Crippen molar-refractivity contribution in [3.8, 4) is 0 Å². The molecule has 8 heteroatoms. The van der Waals surface area contributed by atoms with Crippen molar-refractivity contribution < 1.29 is 14.4 Å². The summed E-state index contributed by atoms with van der Waals surface area (Å²) < 4.78 is 0.474. The first-order valence-corrected chi connectivity index (χ1v) is 11.3. The Morgan fingerprint density at radius 2 is 1.78 bits per heavy atom. The van der Waals surface area contributed by atoms with Crippen LogP contribution < -0.4 is 10.9 Å². The quantitative estimate of drug-likeness (QED) is 0.367. The first kappa shape index (κ1) is 23.4. The lowest BCUT2D eigenvalue weighted by Crippen LogP contribution is -2.41. The van der Waals surface area contributed by atoms with Crippen LogP contribution in [-0.4, -0.2) is 33.5 Å². The Hall–Kier alpha value is -3.23. The van der Waals surface area contributed by atoms with Gasteiger partial charge in [-0.05, 0) is 37.1 Å². The Morgan fingerprint density at radius 3 is 2.50 bits per heavy atom. The smallest absolute Gasteiger partial charge is 0.269 e. The minimum atomic E-state index is -0.385. The molecule has 0 aliphatic carbocycles. The molecule has 1 saturated heterocycles. The number of amides is 3. The van der Waals surface area contributed by atoms with Gasteiger partial charge in [0.15, 0.2) is 0 Å². The second kappa shape index (κ2) is 11.4. The molecule has 2 N–H and O–H groups in total. The fourth-order valence-electron chi connectivity index (χ4n) is 2.88. The predicted octanol–water partition coefficient (Wildman–Crippen LogP) is 3.99. The van der Waals surface area contributed by atoms with Gasteiger partial charge in [0.25, 0.3) is 11.8 Å². The lowest BCUT2D eigenvalue weighted by molar-refractivity contribution is -0.124. The fraction of sp³-hybridized carbons (Fsp3) is 0.167. The van der Waals surface area contributed by atoms with Gasteiger partial charge in [0.2, 0.25) is 5.91 Å². The molecular formula is C24H23N3O3S2. The number of thioether (sulfide) groups is 1. The number of benzene rings is 2. The third kappa shape index (κ3) is 6.63. The van der Waals surface area contributed by atoms with Gasteiger partial charge >= 0.3 is 0 Å². The third-order valence-corrected chi connectivity index (χ3v) is 6.02. The lowest BCUT2D eigenvalue weighted by Gasteiger charge is -2.14. The van der Waals surface area contributed by atoms with E-state index in [2.05, 4.69) is 10.9 Å². The highest BCUT2D eigenvalue weighted by molar-refractivity contribution is 8.26. The molecule has 3 amide bonds. The maximum Gasteiger partial charge on any atom is 0.269 e. The van der Waals surface area contributed by atoms with Gasteiger partial charge in [-0.1, -0.05) is 84.2 Å². The Kier molecular flexibility index (Phi) is 8.35. The molecule has 0 aromatic heterocycles. The zero-order valence-corrected chi connectivity index (χ0v) is 19.2. The maximum atomic E-state index is 12.6. The first-order valence-electron chi connectivity index (χ1n) is 10.1. The van der Waals surface area contributed by atoms with Gasteiger partial charge < -0.3 is 0 Å². The summed E-state index contributed by atoms with van der Waals surface area (Å²) in [6, 6.07) is 16.8. The zero-order valence-electron chi connectivity index (χ0n) is 17.5. The van der Waals surface area contributed by atoms with Crippen LogP contribution >= 0.6 is 24.0 Å². The van der Waals surface area contributed by atoms with E-state index >= 15 is 0 Å². The molecule has 0 bridgehead atoms. The highest BCUT2D eigenvalue weighted by Gasteiger charge is 2.31. The highest BCUT2D eigenvalue weighted by Crippen LogP contribution is 2.31. The fourth-order valence-corrected chi connectivity index (χ4v) is 4.14. The van der Waals surface area contributed by atoms with Crippen molar-refractivity contribution in [3.63, 3.8) is 0 Å². The number of hydrazine groups is 1. The average molecular weight is 466 g/mol. The maximum absolute atomic E-state index is 12.6. The van der Waals surface area contributed by atoms with Gasteiger partial charge in [-0.2, -0.15) is 0 Å². The molecule has 1 aliphatic rings. The third-order valence-electron chi connectivity index (χ3n) is 4.62. The van der Waals surface area contributed by atoms with Gasteiger partial charge in [0.05, 0.1) is 4.91 Å². The summed E-state index contributed by atoms with van der Waals surface area (Å²) in [5.41, 5.74) is 7.33. The van der Waals surface area contributed by atoms with E-state index in [0.717, 1.165) is 11.1 Å². The van der Waals surface area contributed by atoms with Crippen molar-refractivity contribution in [2.45, 2.75) is 19.8 Å². The summed E-state index contributed by atoms with van der Waals surface area (Å²) in [6.45, 7) is 2.27. The van der Waals surface area contributed by atoms with Gasteiger partial charge in [0, 0.05) is 18.5 Å². The minimum Gasteiger partial charge on any atom is -0.293 e. The van der Waals surface area contributed by atoms with Crippen molar-refractivity contribution in [3.05, 3.63) is 88.3 Å². The van der Waals surface area contributed by atoms with Crippen molar-refractivity contribution in [1.29, 1.82) is 0 Å². The molecule has 0 atom stereocenters. The minimum absolute atomic E-state index is 0.151. The highest BCUT2D eigenvalue weighted by atomic mass is 32.2. The summed E-state index contributed by atoms with van der Waals surface area (Å²) in [6.07, 6.45) is 6.07. The van der Waals surface area contributed by atoms with Crippen LogP contribution in [0.2, 0.25) is 0 Å². The summed E-state index contributed by atoms with van der Waals surface area (Å²) in [7, 11) is 0. The van der Waals surface area contributed by atoms with Crippen molar-refractivity contribution in [2.75, 3.05) is 6.54 Å². The molecule has 0 radical (unpaired) electrons. The number of carbonyl (C=O) groups is 3. The molecule has 32 heavy (non-hydrogen) atoms. The predicted molar refractivity (Wildman–Crippen MR) is 131 cm³/mol. The van der Waals surface area contributed by atoms with Crippen LogP contribution in [0.4, 0.5) is 0 Å². The molecule has 1 fully saturated rings. The van der Waals surface area contributed by atoms with Crippen LogP contribution in [0.15, 0.2) is 71.7 Å². The van der Waals surface area contributed by atoms with Crippen LogP contribution in [0.5, 0.6) is 0 Å². The van der Waals surface area contributed by atoms with Crippen LogP contribution in [0.3, 0.4) is 0 Å². The standard InChI is InChI=1S/C24H23N3O3S2/c1-17-12-14-19(15-13-17)22(29)26-25-21(28)11-6-16-27-23(30)20(32-24(27)31)10-5-9-18-7-3-2-4-8-18/h2-5,7-10,12-15H,6,11,16H2,1H3,(H,25,28)(H,26,29)/b9-5+,20-10-. The van der Waals surface area contributed by atoms with Crippen LogP contribution in [0, 0.1) is 6.92 Å². The van der Waals surface area contributed by atoms with E-state index in [9.17, 15) is 14.4 Å². The normalized spacial score (nSPS) is 14.9. The number of hydrogen-bond donors (Lipinski definition) is 2. The van der Waals surface area contributed by atoms with Gasteiger partial charge in [-0.15, -0.1) is 0 Å². The zero-order chi connectivity index (χ0) is 22.9. The van der Waals surface area contributed by atoms with E-state index in [1.807, 2.05) is 61.5 Å². The number of allylic oxidation sites excluding steroid dienone is 2. The first-order chi connectivity index (χ1) is 15.4. The van der Waals surface area contributed by atoms with E-state index in [-0.39, 0.29) is 24.1 Å². The molecule has 0 unspecified atom stereocenters. The van der Waals surface area contributed by atoms with E-state index in [1.54, 1.807) is 18.2 Å². The van der Waals surface area contributed by atoms with Gasteiger partial charge in [-0.25, -0.2) is 0 Å². The molecule has 164 valence electrons. The van der Waals surface area contributed by atoms with Gasteiger partial charge in [-0.3, -0.25) is 30.1 Å². The largest absolute Gasteiger partial charge is 0.293 e. The number of hydrogen-bond acceptors (Lipinski definition) is 5. The van der Waals surface area contributed by atoms with E-state index in [1.165, 1.54) is 16.7 Å². The molecular weight excluding hydrogens is 442 g/mol. The number of carbonyl (C=O) groups excluding carboxylic acids is 3. The number of nitrogens with one attached hydrogen (secondary N) is 2. The van der Waals surface area contributed by atoms with Crippen LogP contribution in [0.1, 0.15) is 34.3 Å². The monoisotopic (exact) mass is 465 g/mol. The Bertz CT molecular complexity index is 1060. The molecule has 1 aliphatic heterocycles. The molecule has 2 aromatic carbocycles. The number of aryl methyl sites for hydroxylation is 1. The van der Waals surface area contributed by atoms with Crippen molar-refractivity contribution >= 4 is 52.1 Å². The average Bonchev–Trinajstić information content (AvgIpc) is 3.06. The van der Waals surface area contributed by atoms with Gasteiger partial charge in [0.1, 0.15) is 4.32 Å². The molecule has 0 saturated carbocycles. The second-order valence-electron chi connectivity index (χ2n) is 7.10. The molecule has 6 nitrogen and oxygen atoms in total. The second-order valence-corrected chi connectivity index (χ2v) is 8.77. The molecule has 3 rings (SSSR count). The molecule has 2 aromatic rings.